The third-order valence-electron chi connectivity index (χ3n) is 9.54. The zero-order valence-corrected chi connectivity index (χ0v) is 24.9. The van der Waals surface area contributed by atoms with Crippen molar-refractivity contribution >= 4 is 23.9 Å². The molecule has 0 aromatic heterocycles. The summed E-state index contributed by atoms with van der Waals surface area (Å²) in [6, 6.07) is 10.6. The van der Waals surface area contributed by atoms with E-state index in [0.29, 0.717) is 24.9 Å². The van der Waals surface area contributed by atoms with Crippen LogP contribution in [0.4, 0.5) is 0 Å². The average Bonchev–Trinajstić information content (AvgIpc) is 3.39. The number of aliphatic hydroxyl groups is 3. The summed E-state index contributed by atoms with van der Waals surface area (Å²) in [6.07, 6.45) is -7.01. The molecule has 14 nitrogen and oxygen atoms in total. The lowest BCUT2D eigenvalue weighted by molar-refractivity contribution is -0.186. The first-order valence-electron chi connectivity index (χ1n) is 14.7. The minimum Gasteiger partial charge on any atom is -0.504 e. The number of benzene rings is 2. The van der Waals surface area contributed by atoms with Gasteiger partial charge in [0, 0.05) is 23.6 Å². The van der Waals surface area contributed by atoms with Gasteiger partial charge in [-0.05, 0) is 51.1 Å². The number of phenolic OH excluding ortho intramolecular Hbond substituents is 1. The number of aliphatic hydroxyl groups excluding tert-OH is 2. The third-order valence-corrected chi connectivity index (χ3v) is 9.54. The van der Waals surface area contributed by atoms with Crippen molar-refractivity contribution in [2.45, 2.75) is 73.8 Å². The lowest BCUT2D eigenvalue weighted by Crippen LogP contribution is -2.74. The quantitative estimate of drug-likeness (QED) is 0.184. The molecule has 244 valence electrons. The van der Waals surface area contributed by atoms with Crippen molar-refractivity contribution in [3.63, 3.8) is 0 Å². The minimum absolute atomic E-state index is 0.0552. The number of piperidine rings is 1. The van der Waals surface area contributed by atoms with Crippen molar-refractivity contribution in [2.24, 2.45) is 0 Å². The molecule has 1 fully saturated rings. The minimum atomic E-state index is -2.49. The Morgan fingerprint density at radius 1 is 1.00 bits per heavy atom. The van der Waals surface area contributed by atoms with Crippen molar-refractivity contribution in [1.82, 2.24) is 4.90 Å². The first kappa shape index (κ1) is 31.5. The summed E-state index contributed by atoms with van der Waals surface area (Å²) in [5.41, 5.74) is -0.733. The molecule has 0 radical (unpaired) electrons. The highest BCUT2D eigenvalue weighted by Crippen LogP contribution is 2.65. The summed E-state index contributed by atoms with van der Waals surface area (Å²) < 4.78 is 21.5. The molecule has 6 rings (SSSR count). The van der Waals surface area contributed by atoms with E-state index in [0.717, 1.165) is 12.5 Å². The Balaban J connectivity index is 1.14. The van der Waals surface area contributed by atoms with Gasteiger partial charge in [-0.1, -0.05) is 36.4 Å². The molecule has 2 aliphatic heterocycles. The molecule has 4 aliphatic rings. The van der Waals surface area contributed by atoms with Gasteiger partial charge in [0.25, 0.3) is 0 Å². The third kappa shape index (κ3) is 4.71. The van der Waals surface area contributed by atoms with Crippen LogP contribution < -0.4 is 4.74 Å². The van der Waals surface area contributed by atoms with E-state index in [4.69, 9.17) is 18.9 Å². The van der Waals surface area contributed by atoms with Gasteiger partial charge in [0.2, 0.25) is 6.10 Å². The molecule has 1 saturated heterocycles. The van der Waals surface area contributed by atoms with Crippen molar-refractivity contribution in [3.05, 3.63) is 71.0 Å². The number of aromatic hydroxyl groups is 1. The molecule has 1 spiro atoms. The predicted molar refractivity (Wildman–Crippen MR) is 153 cm³/mol. The lowest BCUT2D eigenvalue weighted by Gasteiger charge is -2.61. The van der Waals surface area contributed by atoms with Crippen LogP contribution >= 0.6 is 0 Å². The number of carboxylic acids is 1. The summed E-state index contributed by atoms with van der Waals surface area (Å²) in [6.45, 7) is 1.64. The topological polar surface area (TPSA) is 210 Å². The van der Waals surface area contributed by atoms with E-state index in [1.165, 1.54) is 24.3 Å². The van der Waals surface area contributed by atoms with Crippen molar-refractivity contribution in [1.29, 1.82) is 0 Å². The van der Waals surface area contributed by atoms with Crippen LogP contribution in [0.5, 0.6) is 11.5 Å². The first-order valence-corrected chi connectivity index (χ1v) is 14.7. The van der Waals surface area contributed by atoms with Crippen LogP contribution in [0.2, 0.25) is 0 Å². The van der Waals surface area contributed by atoms with Gasteiger partial charge in [0.1, 0.15) is 5.76 Å². The molecule has 14 heteroatoms. The number of esters is 3. The Morgan fingerprint density at radius 3 is 2.39 bits per heavy atom. The highest BCUT2D eigenvalue weighted by molar-refractivity contribution is 5.88. The first-order chi connectivity index (χ1) is 21.8. The highest BCUT2D eigenvalue weighted by atomic mass is 16.6. The number of carbonyl (C=O) groups is 4. The van der Waals surface area contributed by atoms with Crippen LogP contribution in [-0.2, 0) is 45.2 Å². The molecule has 46 heavy (non-hydrogen) atoms. The van der Waals surface area contributed by atoms with E-state index >= 15 is 0 Å². The van der Waals surface area contributed by atoms with Crippen LogP contribution in [0.3, 0.4) is 0 Å². The van der Waals surface area contributed by atoms with E-state index in [9.17, 15) is 44.7 Å². The van der Waals surface area contributed by atoms with Crippen LogP contribution in [-0.4, -0.2) is 104 Å². The Morgan fingerprint density at radius 2 is 1.70 bits per heavy atom. The Hall–Kier alpha value is -4.50. The number of carboxylic acid groups (broad SMARTS) is 1. The molecule has 0 saturated carbocycles. The number of hydrogen-bond donors (Lipinski definition) is 5. The maximum absolute atomic E-state index is 13.0. The smallest absolute Gasteiger partial charge is 0.349 e. The number of likely N-dealkylation sites (tertiary alicyclic amines) is 1. The SMILES string of the molecule is C[C@H](OC(=O)[C@H](O)[C@@H](O)C(=O)OC1=CC[C@@]2(O)[C@@H]3Cc4ccc(O)c5c4[C@@]2(CCN3C)[C@H]1O5)C(=O)O[C@H](C(=O)O)c1ccccc1. The Kier molecular flexibility index (Phi) is 7.79. The molecule has 0 amide bonds. The normalized spacial score (nSPS) is 28.3. The molecule has 2 bridgehead atoms. The fourth-order valence-corrected chi connectivity index (χ4v) is 7.26. The molecular weight excluding hydrogens is 606 g/mol. The highest BCUT2D eigenvalue weighted by Gasteiger charge is 2.72. The molecule has 5 N–H and O–H groups in total. The average molecular weight is 640 g/mol. The molecule has 0 unspecified atom stereocenters. The standard InChI is InChI=1S/C32H33NO13/c1-15(28(39)46-24(27(37)38)16-6-4-3-5-7-16)43-29(40)22(35)23(36)30(41)44-19-10-11-32(42)20-14-17-8-9-18(34)25-21(17)31(32,26(19)45-25)12-13-33(20)2/h3-10,15,20,22-24,26,34-36,42H,11-14H2,1-2H3,(H,37,38)/t15-,20-,22+,23+,24-,26-,31-,32+/m0/s1. The summed E-state index contributed by atoms with van der Waals surface area (Å²) in [5, 5.41) is 53.3. The zero-order valence-electron chi connectivity index (χ0n) is 24.9. The van der Waals surface area contributed by atoms with Gasteiger partial charge in [-0.15, -0.1) is 0 Å². The van der Waals surface area contributed by atoms with Crippen molar-refractivity contribution < 1.29 is 63.7 Å². The van der Waals surface area contributed by atoms with E-state index in [1.807, 2.05) is 7.05 Å². The van der Waals surface area contributed by atoms with Crippen LogP contribution in [0.25, 0.3) is 0 Å². The van der Waals surface area contributed by atoms with Crippen LogP contribution in [0.15, 0.2) is 54.3 Å². The van der Waals surface area contributed by atoms with E-state index in [2.05, 4.69) is 4.90 Å². The summed E-state index contributed by atoms with van der Waals surface area (Å²) in [5.74, 6) is -5.78. The van der Waals surface area contributed by atoms with E-state index in [-0.39, 0.29) is 35.3 Å². The monoisotopic (exact) mass is 639 g/mol. The van der Waals surface area contributed by atoms with Gasteiger partial charge in [-0.25, -0.2) is 19.2 Å². The fraction of sp³-hybridized carbons (Fsp3) is 0.438. The number of phenols is 1. The molecule has 2 aliphatic carbocycles. The second kappa shape index (κ2) is 11.4. The summed E-state index contributed by atoms with van der Waals surface area (Å²) >= 11 is 0. The Labute approximate surface area is 262 Å². The second-order valence-corrected chi connectivity index (χ2v) is 12.1. The van der Waals surface area contributed by atoms with Crippen molar-refractivity contribution in [2.75, 3.05) is 13.6 Å². The zero-order chi connectivity index (χ0) is 33.1. The van der Waals surface area contributed by atoms with Gasteiger partial charge < -0.3 is 49.4 Å². The summed E-state index contributed by atoms with van der Waals surface area (Å²) in [4.78, 5) is 51.8. The number of aliphatic carboxylic acids is 1. The van der Waals surface area contributed by atoms with Gasteiger partial charge in [0.15, 0.2) is 35.9 Å². The lowest BCUT2D eigenvalue weighted by atomic mass is 9.50. The van der Waals surface area contributed by atoms with Gasteiger partial charge >= 0.3 is 23.9 Å². The van der Waals surface area contributed by atoms with Crippen LogP contribution in [0.1, 0.15) is 42.6 Å². The largest absolute Gasteiger partial charge is 0.504 e. The number of carbonyl (C=O) groups excluding carboxylic acids is 3. The molecule has 8 atom stereocenters. The van der Waals surface area contributed by atoms with Gasteiger partial charge in [0.05, 0.1) is 11.0 Å². The summed E-state index contributed by atoms with van der Waals surface area (Å²) in [7, 11) is 1.91. The number of nitrogens with zero attached hydrogens (tertiary/aromatic N) is 1. The predicted octanol–water partition coefficient (Wildman–Crippen LogP) is 0.236. The van der Waals surface area contributed by atoms with Crippen LogP contribution in [0, 0.1) is 0 Å². The maximum Gasteiger partial charge on any atom is 0.349 e. The maximum atomic E-state index is 13.0. The van der Waals surface area contributed by atoms with Gasteiger partial charge in [-0.3, -0.25) is 0 Å². The fourth-order valence-electron chi connectivity index (χ4n) is 7.26. The second-order valence-electron chi connectivity index (χ2n) is 12.1. The molecule has 2 heterocycles. The van der Waals surface area contributed by atoms with Crippen molar-refractivity contribution in [3.8, 4) is 11.5 Å². The molecule has 2 aromatic carbocycles. The van der Waals surface area contributed by atoms with E-state index in [1.54, 1.807) is 24.3 Å². The molecule has 2 aromatic rings. The Bertz CT molecular complexity index is 1630. The van der Waals surface area contributed by atoms with E-state index < -0.39 is 65.4 Å². The number of rotatable bonds is 9. The van der Waals surface area contributed by atoms with Gasteiger partial charge in [-0.2, -0.15) is 0 Å². The molecular formula is C32H33NO13. The number of hydrogen-bond acceptors (Lipinski definition) is 13. The number of likely N-dealkylation sites (N-methyl/N-ethyl adjacent to an activating group) is 1. The number of ether oxygens (including phenoxy) is 4.